The van der Waals surface area contributed by atoms with Crippen LogP contribution in [0.15, 0.2) is 18.2 Å². The molecule has 0 aliphatic carbocycles. The van der Waals surface area contributed by atoms with Crippen molar-refractivity contribution in [1.82, 2.24) is 0 Å². The SMILES string of the molecule is COC(OC)C(C)Nc1ccc(C)c(C(F)(F)F)c1. The topological polar surface area (TPSA) is 30.5 Å². The van der Waals surface area contributed by atoms with Crippen molar-refractivity contribution in [2.24, 2.45) is 0 Å². The molecule has 0 heterocycles. The van der Waals surface area contributed by atoms with Crippen LogP contribution in [0.1, 0.15) is 18.1 Å². The normalized spacial score (nSPS) is 13.7. The van der Waals surface area contributed by atoms with Crippen LogP contribution in [-0.4, -0.2) is 26.6 Å². The molecule has 1 N–H and O–H groups in total. The monoisotopic (exact) mass is 277 g/mol. The number of hydrogen-bond donors (Lipinski definition) is 1. The van der Waals surface area contributed by atoms with E-state index in [1.807, 2.05) is 0 Å². The molecule has 0 spiro atoms. The largest absolute Gasteiger partial charge is 0.416 e. The Balaban J connectivity index is 2.91. The molecule has 0 aliphatic rings. The number of aryl methyl sites for hydroxylation is 1. The zero-order valence-electron chi connectivity index (χ0n) is 11.3. The number of halogens is 3. The molecule has 0 aromatic heterocycles. The Morgan fingerprint density at radius 2 is 1.74 bits per heavy atom. The van der Waals surface area contributed by atoms with E-state index in [1.165, 1.54) is 27.2 Å². The average molecular weight is 277 g/mol. The summed E-state index contributed by atoms with van der Waals surface area (Å²) in [6.45, 7) is 3.20. The van der Waals surface area contributed by atoms with Crippen LogP contribution >= 0.6 is 0 Å². The lowest BCUT2D eigenvalue weighted by atomic mass is 10.1. The Kier molecular flexibility index (Phi) is 5.20. The van der Waals surface area contributed by atoms with Crippen LogP contribution in [0, 0.1) is 6.92 Å². The van der Waals surface area contributed by atoms with Gasteiger partial charge in [0.1, 0.15) is 0 Å². The molecule has 1 aromatic carbocycles. The van der Waals surface area contributed by atoms with E-state index < -0.39 is 18.0 Å². The maximum Gasteiger partial charge on any atom is 0.416 e. The summed E-state index contributed by atoms with van der Waals surface area (Å²) in [5.41, 5.74) is -0.0682. The third-order valence-electron chi connectivity index (χ3n) is 2.81. The number of anilines is 1. The molecule has 0 aliphatic heterocycles. The first-order valence-electron chi connectivity index (χ1n) is 5.79. The standard InChI is InChI=1S/C13H18F3NO2/c1-8-5-6-10(7-11(8)13(14,15)16)17-9(2)12(18-3)19-4/h5-7,9,12,17H,1-4H3. The van der Waals surface area contributed by atoms with Gasteiger partial charge in [-0.25, -0.2) is 0 Å². The molecule has 0 fully saturated rings. The van der Waals surface area contributed by atoms with E-state index >= 15 is 0 Å². The van der Waals surface area contributed by atoms with E-state index in [4.69, 9.17) is 9.47 Å². The van der Waals surface area contributed by atoms with Crippen LogP contribution in [-0.2, 0) is 15.7 Å². The summed E-state index contributed by atoms with van der Waals surface area (Å²) in [6, 6.07) is 3.85. The second-order valence-electron chi connectivity index (χ2n) is 4.30. The summed E-state index contributed by atoms with van der Waals surface area (Å²) in [5.74, 6) is 0. The van der Waals surface area contributed by atoms with Crippen molar-refractivity contribution in [1.29, 1.82) is 0 Å². The van der Waals surface area contributed by atoms with Crippen LogP contribution in [0.4, 0.5) is 18.9 Å². The smallest absolute Gasteiger partial charge is 0.377 e. The molecule has 6 heteroatoms. The second-order valence-corrected chi connectivity index (χ2v) is 4.30. The molecule has 1 atom stereocenters. The molecular formula is C13H18F3NO2. The van der Waals surface area contributed by atoms with Gasteiger partial charge in [0.15, 0.2) is 6.29 Å². The fourth-order valence-electron chi connectivity index (χ4n) is 1.85. The predicted octanol–water partition coefficient (Wildman–Crippen LogP) is 3.43. The molecule has 0 bridgehead atoms. The minimum absolute atomic E-state index is 0.195. The number of benzene rings is 1. The van der Waals surface area contributed by atoms with Gasteiger partial charge in [0.25, 0.3) is 0 Å². The van der Waals surface area contributed by atoms with Crippen LogP contribution in [0.25, 0.3) is 0 Å². The summed E-state index contributed by atoms with van der Waals surface area (Å²) < 4.78 is 48.4. The van der Waals surface area contributed by atoms with E-state index in [1.54, 1.807) is 13.0 Å². The van der Waals surface area contributed by atoms with Gasteiger partial charge in [-0.3, -0.25) is 0 Å². The fraction of sp³-hybridized carbons (Fsp3) is 0.538. The van der Waals surface area contributed by atoms with E-state index in [0.29, 0.717) is 5.69 Å². The number of methoxy groups -OCH3 is 2. The number of ether oxygens (including phenoxy) is 2. The first-order valence-corrected chi connectivity index (χ1v) is 5.79. The van der Waals surface area contributed by atoms with Gasteiger partial charge < -0.3 is 14.8 Å². The van der Waals surface area contributed by atoms with Crippen LogP contribution < -0.4 is 5.32 Å². The highest BCUT2D eigenvalue weighted by molar-refractivity contribution is 5.50. The highest BCUT2D eigenvalue weighted by atomic mass is 19.4. The zero-order valence-corrected chi connectivity index (χ0v) is 11.3. The maximum atomic E-state index is 12.8. The fourth-order valence-corrected chi connectivity index (χ4v) is 1.85. The summed E-state index contributed by atoms with van der Waals surface area (Å²) in [5, 5.41) is 2.93. The van der Waals surface area contributed by atoms with Crippen molar-refractivity contribution >= 4 is 5.69 Å². The number of hydrogen-bond acceptors (Lipinski definition) is 3. The van der Waals surface area contributed by atoms with Crippen molar-refractivity contribution in [3.05, 3.63) is 29.3 Å². The maximum absolute atomic E-state index is 12.8. The zero-order chi connectivity index (χ0) is 14.6. The second kappa shape index (κ2) is 6.25. The minimum atomic E-state index is -4.35. The van der Waals surface area contributed by atoms with E-state index in [0.717, 1.165) is 6.07 Å². The molecule has 1 aromatic rings. The Labute approximate surface area is 110 Å². The molecule has 1 unspecified atom stereocenters. The lowest BCUT2D eigenvalue weighted by molar-refractivity contribution is -0.138. The molecule has 3 nitrogen and oxygen atoms in total. The molecule has 0 amide bonds. The van der Waals surface area contributed by atoms with Gasteiger partial charge in [-0.1, -0.05) is 6.07 Å². The minimum Gasteiger partial charge on any atom is -0.377 e. The summed E-state index contributed by atoms with van der Waals surface area (Å²) >= 11 is 0. The van der Waals surface area contributed by atoms with E-state index in [9.17, 15) is 13.2 Å². The molecule has 0 saturated heterocycles. The Hall–Kier alpha value is -1.27. The Morgan fingerprint density at radius 3 is 2.21 bits per heavy atom. The lowest BCUT2D eigenvalue weighted by Gasteiger charge is -2.23. The highest BCUT2D eigenvalue weighted by Gasteiger charge is 2.32. The predicted molar refractivity (Wildman–Crippen MR) is 67.1 cm³/mol. The van der Waals surface area contributed by atoms with Crippen molar-refractivity contribution in [2.75, 3.05) is 19.5 Å². The van der Waals surface area contributed by atoms with Crippen LogP contribution in [0.2, 0.25) is 0 Å². The summed E-state index contributed by atoms with van der Waals surface area (Å²) in [4.78, 5) is 0. The van der Waals surface area contributed by atoms with Crippen molar-refractivity contribution in [3.8, 4) is 0 Å². The molecule has 0 radical (unpaired) electrons. The lowest BCUT2D eigenvalue weighted by Crippen LogP contribution is -2.33. The Morgan fingerprint density at radius 1 is 1.16 bits per heavy atom. The summed E-state index contributed by atoms with van der Waals surface area (Å²) in [6.07, 6.45) is -4.89. The van der Waals surface area contributed by atoms with Gasteiger partial charge in [-0.15, -0.1) is 0 Å². The van der Waals surface area contributed by atoms with Crippen LogP contribution in [0.5, 0.6) is 0 Å². The third-order valence-corrected chi connectivity index (χ3v) is 2.81. The third kappa shape index (κ3) is 4.11. The Bertz CT molecular complexity index is 417. The van der Waals surface area contributed by atoms with Gasteiger partial charge in [0.2, 0.25) is 0 Å². The van der Waals surface area contributed by atoms with Gasteiger partial charge in [-0.2, -0.15) is 13.2 Å². The number of nitrogens with one attached hydrogen (secondary N) is 1. The first-order chi connectivity index (χ1) is 8.79. The number of alkyl halides is 3. The van der Waals surface area contributed by atoms with E-state index in [-0.39, 0.29) is 11.6 Å². The van der Waals surface area contributed by atoms with Gasteiger partial charge in [0, 0.05) is 19.9 Å². The van der Waals surface area contributed by atoms with Gasteiger partial charge >= 0.3 is 6.18 Å². The molecule has 108 valence electrons. The van der Waals surface area contributed by atoms with E-state index in [2.05, 4.69) is 5.32 Å². The van der Waals surface area contributed by atoms with Crippen molar-refractivity contribution < 1.29 is 22.6 Å². The molecule has 19 heavy (non-hydrogen) atoms. The number of rotatable bonds is 5. The van der Waals surface area contributed by atoms with Crippen molar-refractivity contribution in [2.45, 2.75) is 32.4 Å². The molecule has 1 rings (SSSR count). The van der Waals surface area contributed by atoms with Gasteiger partial charge in [-0.05, 0) is 31.5 Å². The average Bonchev–Trinajstić information content (AvgIpc) is 2.31. The molecular weight excluding hydrogens is 259 g/mol. The van der Waals surface area contributed by atoms with Crippen molar-refractivity contribution in [3.63, 3.8) is 0 Å². The molecule has 0 saturated carbocycles. The first kappa shape index (κ1) is 15.8. The quantitative estimate of drug-likeness (QED) is 0.836. The van der Waals surface area contributed by atoms with Gasteiger partial charge in [0.05, 0.1) is 11.6 Å². The summed E-state index contributed by atoms with van der Waals surface area (Å²) in [7, 11) is 2.95. The van der Waals surface area contributed by atoms with Crippen LogP contribution in [0.3, 0.4) is 0 Å². The highest BCUT2D eigenvalue weighted by Crippen LogP contribution is 2.33.